The third kappa shape index (κ3) is 3.94. The molecule has 1 fully saturated rings. The number of carbonyl (C=O) groups excluding carboxylic acids is 2. The summed E-state index contributed by atoms with van der Waals surface area (Å²) in [5.41, 5.74) is 1.28. The lowest BCUT2D eigenvalue weighted by atomic mass is 9.90. The minimum atomic E-state index is -0.735. The molecule has 1 saturated carbocycles. The average Bonchev–Trinajstić information content (AvgIpc) is 3.15. The highest BCUT2D eigenvalue weighted by molar-refractivity contribution is 7.14. The molecule has 1 N–H and O–H groups in total. The molecule has 0 bridgehead atoms. The Morgan fingerprint density at radius 1 is 1.30 bits per heavy atom. The number of esters is 1. The topological polar surface area (TPSA) is 55.4 Å². The van der Waals surface area contributed by atoms with Crippen LogP contribution in [-0.4, -0.2) is 24.0 Å². The van der Waals surface area contributed by atoms with Crippen molar-refractivity contribution in [3.63, 3.8) is 0 Å². The first kappa shape index (κ1) is 16.5. The van der Waals surface area contributed by atoms with Gasteiger partial charge in [-0.05, 0) is 56.6 Å². The zero-order chi connectivity index (χ0) is 16.4. The van der Waals surface area contributed by atoms with Gasteiger partial charge in [0, 0.05) is 10.9 Å². The lowest BCUT2D eigenvalue weighted by Crippen LogP contribution is -2.40. The Labute approximate surface area is 141 Å². The Kier molecular flexibility index (Phi) is 5.05. The molecule has 0 saturated heterocycles. The second-order valence-electron chi connectivity index (χ2n) is 6.94. The first-order valence-electron chi connectivity index (χ1n) is 8.66. The zero-order valence-electron chi connectivity index (χ0n) is 13.9. The number of ether oxygens (including phenoxy) is 1. The van der Waals surface area contributed by atoms with Gasteiger partial charge in [0.25, 0.3) is 5.91 Å². The van der Waals surface area contributed by atoms with E-state index in [1.165, 1.54) is 28.2 Å². The van der Waals surface area contributed by atoms with Crippen LogP contribution in [0.5, 0.6) is 0 Å². The summed E-state index contributed by atoms with van der Waals surface area (Å²) in [6, 6.07) is 2.21. The number of hydrogen-bond donors (Lipinski definition) is 1. The molecule has 0 radical (unpaired) electrons. The molecule has 5 heteroatoms. The molecule has 23 heavy (non-hydrogen) atoms. The molecule has 1 aromatic heterocycles. The predicted molar refractivity (Wildman–Crippen MR) is 90.8 cm³/mol. The molecule has 3 rings (SSSR count). The molecule has 0 spiro atoms. The molecular formula is C18H25NO3S. The highest BCUT2D eigenvalue weighted by Crippen LogP contribution is 2.32. The van der Waals surface area contributed by atoms with Crippen LogP contribution in [0.1, 0.15) is 66.1 Å². The van der Waals surface area contributed by atoms with E-state index in [-0.39, 0.29) is 17.9 Å². The second-order valence-corrected chi connectivity index (χ2v) is 8.08. The number of fused-ring (bicyclic) bond motifs is 1. The SMILES string of the molecule is C[C@@H]1CCc2sc(C(=O)O[C@H](C)C(=O)NC3CCCC3)cc2C1. The summed E-state index contributed by atoms with van der Waals surface area (Å²) in [6.07, 6.45) is 6.92. The van der Waals surface area contributed by atoms with E-state index in [0.29, 0.717) is 10.8 Å². The van der Waals surface area contributed by atoms with Crippen molar-refractivity contribution in [3.8, 4) is 0 Å². The van der Waals surface area contributed by atoms with E-state index in [2.05, 4.69) is 12.2 Å². The molecule has 4 nitrogen and oxygen atoms in total. The monoisotopic (exact) mass is 335 g/mol. The highest BCUT2D eigenvalue weighted by atomic mass is 32.1. The Bertz CT molecular complexity index is 589. The molecule has 1 aromatic rings. The van der Waals surface area contributed by atoms with Gasteiger partial charge in [-0.25, -0.2) is 4.79 Å². The molecule has 1 amide bonds. The van der Waals surface area contributed by atoms with Crippen LogP contribution in [0.2, 0.25) is 0 Å². The van der Waals surface area contributed by atoms with Gasteiger partial charge < -0.3 is 10.1 Å². The fraction of sp³-hybridized carbons (Fsp3) is 0.667. The molecule has 1 heterocycles. The number of nitrogens with one attached hydrogen (secondary N) is 1. The normalized spacial score (nSPS) is 22.4. The van der Waals surface area contributed by atoms with Crippen molar-refractivity contribution in [1.82, 2.24) is 5.32 Å². The summed E-state index contributed by atoms with van der Waals surface area (Å²) < 4.78 is 5.37. The van der Waals surface area contributed by atoms with E-state index in [1.54, 1.807) is 6.92 Å². The van der Waals surface area contributed by atoms with Crippen LogP contribution in [0.3, 0.4) is 0 Å². The van der Waals surface area contributed by atoms with E-state index < -0.39 is 6.10 Å². The average molecular weight is 335 g/mol. The Hall–Kier alpha value is -1.36. The summed E-state index contributed by atoms with van der Waals surface area (Å²) in [4.78, 5) is 26.4. The van der Waals surface area contributed by atoms with E-state index >= 15 is 0 Å². The fourth-order valence-corrected chi connectivity index (χ4v) is 4.56. The van der Waals surface area contributed by atoms with Crippen molar-refractivity contribution in [3.05, 3.63) is 21.4 Å². The van der Waals surface area contributed by atoms with E-state index in [9.17, 15) is 9.59 Å². The van der Waals surface area contributed by atoms with Crippen LogP contribution in [0.15, 0.2) is 6.07 Å². The summed E-state index contributed by atoms with van der Waals surface area (Å²) in [5.74, 6) is 0.128. The molecule has 0 unspecified atom stereocenters. The molecule has 2 aliphatic carbocycles. The largest absolute Gasteiger partial charge is 0.448 e. The number of rotatable bonds is 4. The number of hydrogen-bond acceptors (Lipinski definition) is 4. The fourth-order valence-electron chi connectivity index (χ4n) is 3.47. The van der Waals surface area contributed by atoms with Gasteiger partial charge in [-0.3, -0.25) is 4.79 Å². The minimum Gasteiger partial charge on any atom is -0.448 e. The number of aryl methyl sites for hydroxylation is 1. The van der Waals surface area contributed by atoms with Crippen LogP contribution in [0.25, 0.3) is 0 Å². The van der Waals surface area contributed by atoms with Gasteiger partial charge in [-0.2, -0.15) is 0 Å². The third-order valence-electron chi connectivity index (χ3n) is 4.88. The van der Waals surface area contributed by atoms with E-state index in [1.807, 2.05) is 6.07 Å². The Morgan fingerprint density at radius 3 is 2.78 bits per heavy atom. The van der Waals surface area contributed by atoms with E-state index in [0.717, 1.165) is 38.5 Å². The van der Waals surface area contributed by atoms with Crippen LogP contribution >= 0.6 is 11.3 Å². The van der Waals surface area contributed by atoms with Gasteiger partial charge in [0.2, 0.25) is 0 Å². The standard InChI is InChI=1S/C18H25NO3S/c1-11-7-8-15-13(9-11)10-16(23-15)18(21)22-12(2)17(20)19-14-5-3-4-6-14/h10-12,14H,3-9H2,1-2H3,(H,19,20)/t11-,12-/m1/s1. The van der Waals surface area contributed by atoms with Gasteiger partial charge in [0.05, 0.1) is 0 Å². The minimum absolute atomic E-state index is 0.180. The third-order valence-corrected chi connectivity index (χ3v) is 6.10. The van der Waals surface area contributed by atoms with Crippen molar-refractivity contribution in [1.29, 1.82) is 0 Å². The van der Waals surface area contributed by atoms with Gasteiger partial charge in [-0.15, -0.1) is 11.3 Å². The van der Waals surface area contributed by atoms with E-state index in [4.69, 9.17) is 4.74 Å². The lowest BCUT2D eigenvalue weighted by Gasteiger charge is -2.16. The maximum Gasteiger partial charge on any atom is 0.349 e. The lowest BCUT2D eigenvalue weighted by molar-refractivity contribution is -0.129. The summed E-state index contributed by atoms with van der Waals surface area (Å²) in [5, 5.41) is 2.98. The van der Waals surface area contributed by atoms with Crippen LogP contribution in [-0.2, 0) is 22.4 Å². The second kappa shape index (κ2) is 7.04. The maximum atomic E-state index is 12.3. The molecular weight excluding hydrogens is 310 g/mol. The van der Waals surface area contributed by atoms with Crippen molar-refractivity contribution < 1.29 is 14.3 Å². The van der Waals surface area contributed by atoms with Crippen molar-refractivity contribution >= 4 is 23.2 Å². The first-order valence-corrected chi connectivity index (χ1v) is 9.47. The Balaban J connectivity index is 1.56. The van der Waals surface area contributed by atoms with Crippen molar-refractivity contribution in [2.24, 2.45) is 5.92 Å². The molecule has 2 aliphatic rings. The predicted octanol–water partition coefficient (Wildman–Crippen LogP) is 3.48. The van der Waals surface area contributed by atoms with Crippen LogP contribution in [0.4, 0.5) is 0 Å². The summed E-state index contributed by atoms with van der Waals surface area (Å²) in [7, 11) is 0. The van der Waals surface area contributed by atoms with Gasteiger partial charge in [0.15, 0.2) is 6.10 Å². The highest BCUT2D eigenvalue weighted by Gasteiger charge is 2.26. The number of amides is 1. The molecule has 2 atom stereocenters. The van der Waals surface area contributed by atoms with Gasteiger partial charge in [-0.1, -0.05) is 19.8 Å². The van der Waals surface area contributed by atoms with Crippen LogP contribution in [0, 0.1) is 5.92 Å². The molecule has 0 aliphatic heterocycles. The quantitative estimate of drug-likeness (QED) is 0.857. The number of carbonyl (C=O) groups is 2. The number of thiophene rings is 1. The zero-order valence-corrected chi connectivity index (χ0v) is 14.7. The Morgan fingerprint density at radius 2 is 2.04 bits per heavy atom. The maximum absolute atomic E-state index is 12.3. The first-order chi connectivity index (χ1) is 11.0. The van der Waals surface area contributed by atoms with Gasteiger partial charge in [0.1, 0.15) is 4.88 Å². The molecule has 0 aromatic carbocycles. The smallest absolute Gasteiger partial charge is 0.349 e. The van der Waals surface area contributed by atoms with Gasteiger partial charge >= 0.3 is 5.97 Å². The summed E-state index contributed by atoms with van der Waals surface area (Å²) in [6.45, 7) is 3.89. The molecule has 126 valence electrons. The van der Waals surface area contributed by atoms with Crippen LogP contribution < -0.4 is 5.32 Å². The summed E-state index contributed by atoms with van der Waals surface area (Å²) >= 11 is 1.53. The van der Waals surface area contributed by atoms with Crippen molar-refractivity contribution in [2.45, 2.75) is 70.9 Å². The van der Waals surface area contributed by atoms with Crippen molar-refractivity contribution in [2.75, 3.05) is 0 Å².